The minimum Gasteiger partial charge on any atom is -0.0654 e. The summed E-state index contributed by atoms with van der Waals surface area (Å²) in [6.45, 7) is 16.6. The third-order valence-electron chi connectivity index (χ3n) is 4.26. The first-order valence-electron chi connectivity index (χ1n) is 5.84. The highest BCUT2D eigenvalue weighted by atomic mass is 14.4. The van der Waals surface area contributed by atoms with E-state index in [0.717, 1.165) is 17.8 Å². The average molecular weight is 184 g/mol. The van der Waals surface area contributed by atoms with Crippen LogP contribution in [0.2, 0.25) is 0 Å². The van der Waals surface area contributed by atoms with Crippen LogP contribution < -0.4 is 0 Å². The highest BCUT2D eigenvalue weighted by molar-refractivity contribution is 4.81. The van der Waals surface area contributed by atoms with Gasteiger partial charge in [0.1, 0.15) is 0 Å². The molecule has 13 heavy (non-hydrogen) atoms. The third-order valence-corrected chi connectivity index (χ3v) is 4.26. The molecule has 0 aliphatic heterocycles. The first-order valence-corrected chi connectivity index (χ1v) is 5.84. The molecule has 0 aromatic rings. The lowest BCUT2D eigenvalue weighted by molar-refractivity contribution is 0.101. The van der Waals surface area contributed by atoms with E-state index in [0.29, 0.717) is 5.41 Å². The molecule has 0 saturated carbocycles. The largest absolute Gasteiger partial charge is 0.0654 e. The Balaban J connectivity index is 4.30. The van der Waals surface area contributed by atoms with E-state index in [1.807, 2.05) is 0 Å². The van der Waals surface area contributed by atoms with Crippen LogP contribution in [0.1, 0.15) is 61.3 Å². The predicted octanol–water partition coefficient (Wildman–Crippen LogP) is 4.74. The van der Waals surface area contributed by atoms with Crippen molar-refractivity contribution in [2.45, 2.75) is 61.3 Å². The lowest BCUT2D eigenvalue weighted by Gasteiger charge is -2.39. The summed E-state index contributed by atoms with van der Waals surface area (Å²) in [4.78, 5) is 0. The second kappa shape index (κ2) is 5.02. The van der Waals surface area contributed by atoms with Gasteiger partial charge in [0.2, 0.25) is 0 Å². The van der Waals surface area contributed by atoms with E-state index >= 15 is 0 Å². The minimum absolute atomic E-state index is 0.481. The zero-order chi connectivity index (χ0) is 10.6. The van der Waals surface area contributed by atoms with Gasteiger partial charge < -0.3 is 0 Å². The molecule has 0 N–H and O–H groups in total. The Kier molecular flexibility index (Phi) is 5.02. The van der Waals surface area contributed by atoms with Crippen molar-refractivity contribution in [2.24, 2.45) is 23.2 Å². The van der Waals surface area contributed by atoms with Crippen molar-refractivity contribution in [3.8, 4) is 0 Å². The van der Waals surface area contributed by atoms with E-state index in [-0.39, 0.29) is 0 Å². The molecule has 0 aromatic carbocycles. The van der Waals surface area contributed by atoms with Crippen molar-refractivity contribution >= 4 is 0 Å². The van der Waals surface area contributed by atoms with E-state index in [1.54, 1.807) is 0 Å². The summed E-state index contributed by atoms with van der Waals surface area (Å²) in [6, 6.07) is 0. The molecule has 0 aromatic heterocycles. The van der Waals surface area contributed by atoms with Crippen LogP contribution in [0.4, 0.5) is 0 Å². The minimum atomic E-state index is 0.481. The van der Waals surface area contributed by atoms with Crippen molar-refractivity contribution in [1.82, 2.24) is 0 Å². The van der Waals surface area contributed by atoms with Crippen molar-refractivity contribution < 1.29 is 0 Å². The monoisotopic (exact) mass is 184 g/mol. The Bertz CT molecular complexity index is 133. The van der Waals surface area contributed by atoms with E-state index in [1.165, 1.54) is 12.8 Å². The van der Waals surface area contributed by atoms with Crippen LogP contribution in [0.15, 0.2) is 0 Å². The van der Waals surface area contributed by atoms with Crippen LogP contribution in [0.3, 0.4) is 0 Å². The van der Waals surface area contributed by atoms with Crippen molar-refractivity contribution in [1.29, 1.82) is 0 Å². The first kappa shape index (κ1) is 13.0. The van der Waals surface area contributed by atoms with Crippen molar-refractivity contribution in [3.05, 3.63) is 0 Å². The second-order valence-electron chi connectivity index (χ2n) is 5.53. The van der Waals surface area contributed by atoms with Gasteiger partial charge in [-0.2, -0.15) is 0 Å². The molecule has 0 aliphatic carbocycles. The standard InChI is InChI=1S/C13H28/c1-8-9-11(4)12(5)13(6,7)10(2)3/h10-12H,8-9H2,1-7H3. The summed E-state index contributed by atoms with van der Waals surface area (Å²) < 4.78 is 0. The van der Waals surface area contributed by atoms with Gasteiger partial charge in [0, 0.05) is 0 Å². The summed E-state index contributed by atoms with van der Waals surface area (Å²) >= 11 is 0. The van der Waals surface area contributed by atoms with Crippen LogP contribution in [0, 0.1) is 23.2 Å². The van der Waals surface area contributed by atoms with Crippen molar-refractivity contribution in [3.63, 3.8) is 0 Å². The molecule has 0 aliphatic rings. The molecule has 0 heterocycles. The molecule has 2 unspecified atom stereocenters. The fourth-order valence-electron chi connectivity index (χ4n) is 1.96. The van der Waals surface area contributed by atoms with Gasteiger partial charge >= 0.3 is 0 Å². The molecular formula is C13H28. The van der Waals surface area contributed by atoms with Gasteiger partial charge in [-0.25, -0.2) is 0 Å². The Morgan fingerprint density at radius 3 is 1.77 bits per heavy atom. The van der Waals surface area contributed by atoms with E-state index in [9.17, 15) is 0 Å². The molecule has 0 rings (SSSR count). The Morgan fingerprint density at radius 2 is 1.46 bits per heavy atom. The SMILES string of the molecule is CCCC(C)C(C)C(C)(C)C(C)C. The Hall–Kier alpha value is 0. The second-order valence-corrected chi connectivity index (χ2v) is 5.53. The molecule has 0 nitrogen and oxygen atoms in total. The van der Waals surface area contributed by atoms with Gasteiger partial charge in [-0.15, -0.1) is 0 Å². The average Bonchev–Trinajstić information content (AvgIpc) is 2.03. The van der Waals surface area contributed by atoms with E-state index < -0.39 is 0 Å². The van der Waals surface area contributed by atoms with E-state index in [4.69, 9.17) is 0 Å². The quantitative estimate of drug-likeness (QED) is 0.579. The molecule has 0 bridgehead atoms. The highest BCUT2D eigenvalue weighted by Gasteiger charge is 2.32. The Labute approximate surface area is 85.1 Å². The maximum Gasteiger partial charge on any atom is -0.0303 e. The zero-order valence-corrected chi connectivity index (χ0v) is 10.6. The first-order chi connectivity index (χ1) is 5.84. The smallest absolute Gasteiger partial charge is 0.0303 e. The van der Waals surface area contributed by atoms with Crippen LogP contribution >= 0.6 is 0 Å². The molecule has 0 saturated heterocycles. The number of hydrogen-bond donors (Lipinski definition) is 0. The van der Waals surface area contributed by atoms with Gasteiger partial charge in [0.25, 0.3) is 0 Å². The van der Waals surface area contributed by atoms with Gasteiger partial charge in [0.05, 0.1) is 0 Å². The lowest BCUT2D eigenvalue weighted by atomic mass is 9.66. The van der Waals surface area contributed by atoms with Crippen LogP contribution in [0.25, 0.3) is 0 Å². The third kappa shape index (κ3) is 3.32. The molecule has 2 atom stereocenters. The van der Waals surface area contributed by atoms with Crippen LogP contribution in [-0.2, 0) is 0 Å². The fraction of sp³-hybridized carbons (Fsp3) is 1.00. The summed E-state index contributed by atoms with van der Waals surface area (Å²) in [5.41, 5.74) is 0.481. The summed E-state index contributed by atoms with van der Waals surface area (Å²) in [7, 11) is 0. The Morgan fingerprint density at radius 1 is 1.00 bits per heavy atom. The maximum absolute atomic E-state index is 2.42. The van der Waals surface area contributed by atoms with Crippen LogP contribution in [-0.4, -0.2) is 0 Å². The summed E-state index contributed by atoms with van der Waals surface area (Å²) in [5.74, 6) is 2.47. The molecule has 0 radical (unpaired) electrons. The van der Waals surface area contributed by atoms with Gasteiger partial charge in [-0.3, -0.25) is 0 Å². The van der Waals surface area contributed by atoms with Gasteiger partial charge in [-0.1, -0.05) is 61.3 Å². The van der Waals surface area contributed by atoms with Crippen molar-refractivity contribution in [2.75, 3.05) is 0 Å². The molecule has 0 fully saturated rings. The maximum atomic E-state index is 2.42. The zero-order valence-electron chi connectivity index (χ0n) is 10.6. The molecule has 0 spiro atoms. The number of hydrogen-bond acceptors (Lipinski definition) is 0. The molecule has 80 valence electrons. The van der Waals surface area contributed by atoms with Crippen LogP contribution in [0.5, 0.6) is 0 Å². The molecule has 0 amide bonds. The summed E-state index contributed by atoms with van der Waals surface area (Å²) in [6.07, 6.45) is 2.69. The molecule has 0 heteroatoms. The van der Waals surface area contributed by atoms with E-state index in [2.05, 4.69) is 48.5 Å². The van der Waals surface area contributed by atoms with Gasteiger partial charge in [-0.05, 0) is 23.2 Å². The number of rotatable bonds is 5. The predicted molar refractivity (Wildman–Crippen MR) is 61.9 cm³/mol. The highest BCUT2D eigenvalue weighted by Crippen LogP contribution is 2.40. The summed E-state index contributed by atoms with van der Waals surface area (Å²) in [5, 5.41) is 0. The lowest BCUT2D eigenvalue weighted by Crippen LogP contribution is -2.31. The molecular weight excluding hydrogens is 156 g/mol. The normalized spacial score (nSPS) is 17.5. The topological polar surface area (TPSA) is 0 Å². The fourth-order valence-corrected chi connectivity index (χ4v) is 1.96. The van der Waals surface area contributed by atoms with Gasteiger partial charge in [0.15, 0.2) is 0 Å².